The lowest BCUT2D eigenvalue weighted by Gasteiger charge is -2.12. The van der Waals surface area contributed by atoms with Gasteiger partial charge in [-0.1, -0.05) is 34.0 Å². The lowest BCUT2D eigenvalue weighted by molar-refractivity contribution is 0.354. The molecule has 19 heavy (non-hydrogen) atoms. The Kier molecular flexibility index (Phi) is 3.94. The van der Waals surface area contributed by atoms with Gasteiger partial charge in [0.2, 0.25) is 0 Å². The minimum absolute atomic E-state index is 0.235. The topological polar surface area (TPSA) is 35.2 Å². The molecule has 1 atom stereocenters. The third-order valence-corrected chi connectivity index (χ3v) is 4.44. The van der Waals surface area contributed by atoms with Crippen molar-refractivity contribution in [2.45, 2.75) is 44.6 Å². The van der Waals surface area contributed by atoms with Crippen LogP contribution in [0.4, 0.5) is 0 Å². The number of hydrogen-bond acceptors (Lipinski definition) is 2. The third kappa shape index (κ3) is 3.03. The summed E-state index contributed by atoms with van der Waals surface area (Å²) in [6, 6.07) is 4.61. The van der Waals surface area contributed by atoms with Crippen molar-refractivity contribution < 1.29 is 4.74 Å². The summed E-state index contributed by atoms with van der Waals surface area (Å²) in [6.07, 6.45) is 9.08. The van der Waals surface area contributed by atoms with Gasteiger partial charge in [0, 0.05) is 16.9 Å². The Morgan fingerprint density at radius 1 is 1.26 bits per heavy atom. The van der Waals surface area contributed by atoms with Gasteiger partial charge in [-0.25, -0.2) is 0 Å². The van der Waals surface area contributed by atoms with E-state index in [4.69, 9.17) is 10.5 Å². The van der Waals surface area contributed by atoms with Crippen LogP contribution >= 0.6 is 15.9 Å². The summed E-state index contributed by atoms with van der Waals surface area (Å²) in [5, 5.41) is 0. The van der Waals surface area contributed by atoms with Gasteiger partial charge in [-0.3, -0.25) is 0 Å². The molecule has 0 amide bonds. The summed E-state index contributed by atoms with van der Waals surface area (Å²) in [5.41, 5.74) is 10.2. The second-order valence-corrected chi connectivity index (χ2v) is 6.48. The molecule has 1 aromatic rings. The van der Waals surface area contributed by atoms with Gasteiger partial charge in [0.05, 0.1) is 6.61 Å². The molecule has 102 valence electrons. The highest BCUT2D eigenvalue weighted by Gasteiger charge is 2.19. The molecule has 0 spiro atoms. The molecule has 2 N–H and O–H groups in total. The Morgan fingerprint density at radius 3 is 3.05 bits per heavy atom. The average molecular weight is 322 g/mol. The SMILES string of the molecule is NC1C=C(Cc2cc(Br)cc3c2OCC3)CCCC1. The number of ether oxygens (including phenoxy) is 1. The third-order valence-electron chi connectivity index (χ3n) is 3.98. The van der Waals surface area contributed by atoms with Crippen LogP contribution in [0.1, 0.15) is 36.8 Å². The number of rotatable bonds is 2. The molecule has 1 aliphatic carbocycles. The lowest BCUT2D eigenvalue weighted by atomic mass is 9.98. The Balaban J connectivity index is 1.87. The van der Waals surface area contributed by atoms with Crippen molar-refractivity contribution in [3.8, 4) is 5.75 Å². The molecule has 3 rings (SSSR count). The van der Waals surface area contributed by atoms with E-state index in [2.05, 4.69) is 34.1 Å². The van der Waals surface area contributed by atoms with Gasteiger partial charge in [0.25, 0.3) is 0 Å². The van der Waals surface area contributed by atoms with Crippen molar-refractivity contribution in [1.29, 1.82) is 0 Å². The molecule has 1 aliphatic heterocycles. The van der Waals surface area contributed by atoms with E-state index < -0.39 is 0 Å². The van der Waals surface area contributed by atoms with Gasteiger partial charge >= 0.3 is 0 Å². The summed E-state index contributed by atoms with van der Waals surface area (Å²) in [6.45, 7) is 0.817. The van der Waals surface area contributed by atoms with Crippen molar-refractivity contribution >= 4 is 15.9 Å². The average Bonchev–Trinajstić information content (AvgIpc) is 2.73. The van der Waals surface area contributed by atoms with E-state index in [1.165, 1.54) is 36.0 Å². The molecule has 3 heteroatoms. The van der Waals surface area contributed by atoms with Crippen LogP contribution in [-0.2, 0) is 12.8 Å². The van der Waals surface area contributed by atoms with Crippen molar-refractivity contribution in [2.24, 2.45) is 5.73 Å². The molecule has 0 saturated heterocycles. The number of benzene rings is 1. The van der Waals surface area contributed by atoms with E-state index in [1.54, 1.807) is 0 Å². The van der Waals surface area contributed by atoms with Gasteiger partial charge in [-0.2, -0.15) is 0 Å². The Bertz CT molecular complexity index is 510. The number of fused-ring (bicyclic) bond motifs is 1. The summed E-state index contributed by atoms with van der Waals surface area (Å²) in [4.78, 5) is 0. The van der Waals surface area contributed by atoms with E-state index in [-0.39, 0.29) is 6.04 Å². The quantitative estimate of drug-likeness (QED) is 0.842. The second kappa shape index (κ2) is 5.68. The maximum absolute atomic E-state index is 6.10. The summed E-state index contributed by atoms with van der Waals surface area (Å²) in [7, 11) is 0. The zero-order valence-electron chi connectivity index (χ0n) is 11.1. The highest BCUT2D eigenvalue weighted by atomic mass is 79.9. The molecule has 0 radical (unpaired) electrons. The van der Waals surface area contributed by atoms with Crippen molar-refractivity contribution in [2.75, 3.05) is 6.61 Å². The minimum Gasteiger partial charge on any atom is -0.493 e. The van der Waals surface area contributed by atoms with Gasteiger partial charge < -0.3 is 10.5 Å². The van der Waals surface area contributed by atoms with Crippen molar-refractivity contribution in [3.63, 3.8) is 0 Å². The summed E-state index contributed by atoms with van der Waals surface area (Å²) in [5.74, 6) is 1.11. The molecule has 0 aromatic heterocycles. The fourth-order valence-electron chi connectivity index (χ4n) is 3.07. The maximum atomic E-state index is 6.10. The van der Waals surface area contributed by atoms with Crippen LogP contribution < -0.4 is 10.5 Å². The van der Waals surface area contributed by atoms with E-state index in [1.807, 2.05) is 0 Å². The lowest BCUT2D eigenvalue weighted by Crippen LogP contribution is -2.16. The number of hydrogen-bond donors (Lipinski definition) is 1. The standard InChI is InChI=1S/C16H20BrNO/c17-14-9-12-5-6-19-16(12)13(10-14)7-11-3-1-2-4-15(18)8-11/h8-10,15H,1-7,18H2. The van der Waals surface area contributed by atoms with Gasteiger partial charge in [0.1, 0.15) is 5.75 Å². The van der Waals surface area contributed by atoms with Gasteiger partial charge in [-0.05, 0) is 48.9 Å². The maximum Gasteiger partial charge on any atom is 0.126 e. The van der Waals surface area contributed by atoms with E-state index in [0.29, 0.717) is 0 Å². The highest BCUT2D eigenvalue weighted by Crippen LogP contribution is 2.35. The van der Waals surface area contributed by atoms with Crippen LogP contribution in [0.25, 0.3) is 0 Å². The number of nitrogens with two attached hydrogens (primary N) is 1. The summed E-state index contributed by atoms with van der Waals surface area (Å²) < 4.78 is 6.96. The molecule has 2 nitrogen and oxygen atoms in total. The minimum atomic E-state index is 0.235. The second-order valence-electron chi connectivity index (χ2n) is 5.56. The number of allylic oxidation sites excluding steroid dienone is 1. The molecule has 0 bridgehead atoms. The van der Waals surface area contributed by atoms with Crippen molar-refractivity contribution in [3.05, 3.63) is 39.4 Å². The monoisotopic (exact) mass is 321 g/mol. The Hall–Kier alpha value is -0.800. The predicted octanol–water partition coefficient (Wildman–Crippen LogP) is 3.75. The van der Waals surface area contributed by atoms with Gasteiger partial charge in [0.15, 0.2) is 0 Å². The first kappa shape index (κ1) is 13.2. The van der Waals surface area contributed by atoms with Crippen LogP contribution in [0.5, 0.6) is 5.75 Å². The first-order valence-electron chi connectivity index (χ1n) is 7.11. The van der Waals surface area contributed by atoms with Crippen LogP contribution in [0.15, 0.2) is 28.3 Å². The Labute approximate surface area is 123 Å². The smallest absolute Gasteiger partial charge is 0.126 e. The van der Waals surface area contributed by atoms with E-state index >= 15 is 0 Å². The molecule has 0 fully saturated rings. The zero-order chi connectivity index (χ0) is 13.2. The summed E-state index contributed by atoms with van der Waals surface area (Å²) >= 11 is 3.61. The van der Waals surface area contributed by atoms with E-state index in [9.17, 15) is 0 Å². The van der Waals surface area contributed by atoms with E-state index in [0.717, 1.165) is 36.1 Å². The fourth-order valence-corrected chi connectivity index (χ4v) is 3.62. The molecule has 2 aliphatic rings. The molecule has 1 aromatic carbocycles. The van der Waals surface area contributed by atoms with Crippen LogP contribution in [0.3, 0.4) is 0 Å². The largest absolute Gasteiger partial charge is 0.493 e. The van der Waals surface area contributed by atoms with Crippen LogP contribution in [0.2, 0.25) is 0 Å². The predicted molar refractivity (Wildman–Crippen MR) is 81.6 cm³/mol. The number of halogens is 1. The van der Waals surface area contributed by atoms with Crippen LogP contribution in [0, 0.1) is 0 Å². The Morgan fingerprint density at radius 2 is 2.16 bits per heavy atom. The zero-order valence-corrected chi connectivity index (χ0v) is 12.7. The molecular weight excluding hydrogens is 302 g/mol. The molecule has 1 heterocycles. The van der Waals surface area contributed by atoms with Gasteiger partial charge in [-0.15, -0.1) is 0 Å². The normalized spacial score (nSPS) is 22.4. The fraction of sp³-hybridized carbons (Fsp3) is 0.500. The highest BCUT2D eigenvalue weighted by molar-refractivity contribution is 9.10. The van der Waals surface area contributed by atoms with Crippen molar-refractivity contribution in [1.82, 2.24) is 0 Å². The molecular formula is C16H20BrNO. The first-order chi connectivity index (χ1) is 9.22. The molecule has 0 saturated carbocycles. The van der Waals surface area contributed by atoms with Crippen LogP contribution in [-0.4, -0.2) is 12.6 Å². The first-order valence-corrected chi connectivity index (χ1v) is 7.91. The molecule has 1 unspecified atom stereocenters.